The molecule has 4 nitrogen and oxygen atoms in total. The van der Waals surface area contributed by atoms with Gasteiger partial charge < -0.3 is 10.3 Å². The van der Waals surface area contributed by atoms with E-state index in [0.29, 0.717) is 29.1 Å². The molecule has 6 heteroatoms. The van der Waals surface area contributed by atoms with Crippen LogP contribution in [0, 0.1) is 31.0 Å². The summed E-state index contributed by atoms with van der Waals surface area (Å²) in [6.45, 7) is 4.29. The van der Waals surface area contributed by atoms with E-state index in [-0.39, 0.29) is 11.7 Å². The Balaban J connectivity index is 1.64. The van der Waals surface area contributed by atoms with Gasteiger partial charge in [-0.05, 0) is 61.2 Å². The van der Waals surface area contributed by atoms with Crippen LogP contribution < -0.4 is 5.32 Å². The SMILES string of the molecule is Cc1[nH]c2c(F)ccc(C)c2c1CCNC(=O)C=Cc1ccc(C#N)c(Cl)c1. The van der Waals surface area contributed by atoms with Crippen LogP contribution >= 0.6 is 11.6 Å². The Hall–Kier alpha value is -3.10. The number of aromatic nitrogens is 1. The van der Waals surface area contributed by atoms with Gasteiger partial charge in [0.2, 0.25) is 5.91 Å². The zero-order valence-corrected chi connectivity index (χ0v) is 16.3. The molecule has 1 heterocycles. The number of nitrogens with zero attached hydrogens (tertiary/aromatic N) is 1. The van der Waals surface area contributed by atoms with E-state index in [0.717, 1.165) is 27.8 Å². The number of hydrogen-bond donors (Lipinski definition) is 2. The molecule has 3 rings (SSSR count). The van der Waals surface area contributed by atoms with E-state index in [9.17, 15) is 9.18 Å². The van der Waals surface area contributed by atoms with Gasteiger partial charge in [0.05, 0.1) is 16.1 Å². The van der Waals surface area contributed by atoms with Crippen molar-refractivity contribution in [3.05, 3.63) is 75.2 Å². The Bertz CT molecular complexity index is 1120. The molecule has 0 aliphatic carbocycles. The van der Waals surface area contributed by atoms with Crippen molar-refractivity contribution in [3.8, 4) is 6.07 Å². The lowest BCUT2D eigenvalue weighted by Gasteiger charge is -2.05. The number of amides is 1. The number of benzene rings is 2. The maximum absolute atomic E-state index is 14.0. The van der Waals surface area contributed by atoms with Crippen LogP contribution in [0.2, 0.25) is 5.02 Å². The minimum absolute atomic E-state index is 0.235. The Morgan fingerprint density at radius 1 is 1.32 bits per heavy atom. The van der Waals surface area contributed by atoms with Gasteiger partial charge in [0.15, 0.2) is 0 Å². The van der Waals surface area contributed by atoms with Crippen LogP contribution in [0.15, 0.2) is 36.4 Å². The highest BCUT2D eigenvalue weighted by atomic mass is 35.5. The fraction of sp³-hybridized carbons (Fsp3) is 0.182. The van der Waals surface area contributed by atoms with Gasteiger partial charge in [0, 0.05) is 23.7 Å². The number of carbonyl (C=O) groups is 1. The van der Waals surface area contributed by atoms with Crippen LogP contribution in [-0.2, 0) is 11.2 Å². The summed E-state index contributed by atoms with van der Waals surface area (Å²) in [7, 11) is 0. The molecule has 0 radical (unpaired) electrons. The number of nitriles is 1. The number of rotatable bonds is 5. The molecule has 0 saturated heterocycles. The number of nitrogens with one attached hydrogen (secondary N) is 2. The topological polar surface area (TPSA) is 68.7 Å². The van der Waals surface area contributed by atoms with Crippen LogP contribution in [0.3, 0.4) is 0 Å². The lowest BCUT2D eigenvalue weighted by molar-refractivity contribution is -0.116. The Kier molecular flexibility index (Phi) is 5.81. The summed E-state index contributed by atoms with van der Waals surface area (Å²) >= 11 is 5.99. The third kappa shape index (κ3) is 4.08. The Morgan fingerprint density at radius 3 is 2.82 bits per heavy atom. The number of H-pyrrole nitrogens is 1. The molecule has 3 aromatic rings. The highest BCUT2D eigenvalue weighted by Crippen LogP contribution is 2.27. The maximum Gasteiger partial charge on any atom is 0.244 e. The molecule has 142 valence electrons. The molecule has 2 N–H and O–H groups in total. The van der Waals surface area contributed by atoms with Crippen LogP contribution in [0.25, 0.3) is 17.0 Å². The molecule has 1 amide bonds. The molecule has 0 spiro atoms. The highest BCUT2D eigenvalue weighted by Gasteiger charge is 2.13. The van der Waals surface area contributed by atoms with Crippen LogP contribution in [0.1, 0.15) is 27.9 Å². The van der Waals surface area contributed by atoms with Crippen molar-refractivity contribution < 1.29 is 9.18 Å². The quantitative estimate of drug-likeness (QED) is 0.608. The first-order chi connectivity index (χ1) is 13.4. The van der Waals surface area contributed by atoms with Gasteiger partial charge in [-0.25, -0.2) is 4.39 Å². The van der Waals surface area contributed by atoms with E-state index in [1.165, 1.54) is 12.1 Å². The minimum atomic E-state index is -0.275. The molecule has 1 aromatic heterocycles. The molecule has 0 bridgehead atoms. The van der Waals surface area contributed by atoms with Crippen molar-refractivity contribution in [1.29, 1.82) is 5.26 Å². The molecule has 0 fully saturated rings. The summed E-state index contributed by atoms with van der Waals surface area (Å²) in [4.78, 5) is 15.2. The van der Waals surface area contributed by atoms with E-state index in [4.69, 9.17) is 16.9 Å². The fourth-order valence-electron chi connectivity index (χ4n) is 3.22. The van der Waals surface area contributed by atoms with Gasteiger partial charge in [-0.15, -0.1) is 0 Å². The first-order valence-corrected chi connectivity index (χ1v) is 9.20. The largest absolute Gasteiger partial charge is 0.356 e. The second kappa shape index (κ2) is 8.28. The number of hydrogen-bond acceptors (Lipinski definition) is 2. The van der Waals surface area contributed by atoms with Gasteiger partial charge in [-0.1, -0.05) is 23.7 Å². The third-order valence-corrected chi connectivity index (χ3v) is 4.96. The molecular weight excluding hydrogens is 377 g/mol. The smallest absolute Gasteiger partial charge is 0.244 e. The number of halogens is 2. The minimum Gasteiger partial charge on any atom is -0.356 e. The van der Waals surface area contributed by atoms with Crippen molar-refractivity contribution in [2.24, 2.45) is 0 Å². The fourth-order valence-corrected chi connectivity index (χ4v) is 3.45. The van der Waals surface area contributed by atoms with Gasteiger partial charge in [0.1, 0.15) is 11.9 Å². The van der Waals surface area contributed by atoms with Gasteiger partial charge in [-0.2, -0.15) is 5.26 Å². The summed E-state index contributed by atoms with van der Waals surface area (Å²) in [6.07, 6.45) is 3.65. The highest BCUT2D eigenvalue weighted by molar-refractivity contribution is 6.31. The normalized spacial score (nSPS) is 11.1. The van der Waals surface area contributed by atoms with Crippen molar-refractivity contribution in [2.45, 2.75) is 20.3 Å². The van der Waals surface area contributed by atoms with Crippen LogP contribution in [-0.4, -0.2) is 17.4 Å². The van der Waals surface area contributed by atoms with Gasteiger partial charge in [0.25, 0.3) is 0 Å². The molecule has 0 aliphatic rings. The van der Waals surface area contributed by atoms with Gasteiger partial charge in [-0.3, -0.25) is 4.79 Å². The van der Waals surface area contributed by atoms with E-state index in [1.807, 2.05) is 19.9 Å². The predicted molar refractivity (Wildman–Crippen MR) is 110 cm³/mol. The molecule has 0 aliphatic heterocycles. The lowest BCUT2D eigenvalue weighted by atomic mass is 10.0. The van der Waals surface area contributed by atoms with Crippen molar-refractivity contribution in [2.75, 3.05) is 6.54 Å². The monoisotopic (exact) mass is 395 g/mol. The van der Waals surface area contributed by atoms with Crippen molar-refractivity contribution >= 4 is 34.5 Å². The van der Waals surface area contributed by atoms with E-state index in [1.54, 1.807) is 30.3 Å². The standard InChI is InChI=1S/C22H19ClFN3O/c1-13-3-7-19(24)22-21(13)17(14(2)27-22)9-10-26-20(28)8-5-15-4-6-16(12-25)18(23)11-15/h3-8,11,27H,9-10H2,1-2H3,(H,26,28). The zero-order chi connectivity index (χ0) is 20.3. The summed E-state index contributed by atoms with van der Waals surface area (Å²) < 4.78 is 14.0. The van der Waals surface area contributed by atoms with Crippen molar-refractivity contribution in [1.82, 2.24) is 10.3 Å². The maximum atomic E-state index is 14.0. The second-order valence-electron chi connectivity index (χ2n) is 6.57. The molecule has 0 atom stereocenters. The van der Waals surface area contributed by atoms with Gasteiger partial charge >= 0.3 is 0 Å². The average Bonchev–Trinajstić information content (AvgIpc) is 3.01. The summed E-state index contributed by atoms with van der Waals surface area (Å²) in [5, 5.41) is 13.0. The lowest BCUT2D eigenvalue weighted by Crippen LogP contribution is -2.23. The molecule has 0 unspecified atom stereocenters. The van der Waals surface area contributed by atoms with E-state index in [2.05, 4.69) is 10.3 Å². The first kappa shape index (κ1) is 19.7. The first-order valence-electron chi connectivity index (χ1n) is 8.82. The second-order valence-corrected chi connectivity index (χ2v) is 6.98. The molecular formula is C22H19ClFN3O. The van der Waals surface area contributed by atoms with E-state index < -0.39 is 0 Å². The number of fused-ring (bicyclic) bond motifs is 1. The molecule has 2 aromatic carbocycles. The molecule has 0 saturated carbocycles. The Morgan fingerprint density at radius 2 is 2.11 bits per heavy atom. The summed E-state index contributed by atoms with van der Waals surface area (Å²) in [5.41, 5.74) is 4.55. The van der Waals surface area contributed by atoms with Crippen molar-refractivity contribution in [3.63, 3.8) is 0 Å². The zero-order valence-electron chi connectivity index (χ0n) is 15.6. The number of carbonyl (C=O) groups excluding carboxylic acids is 1. The van der Waals surface area contributed by atoms with Crippen LogP contribution in [0.5, 0.6) is 0 Å². The van der Waals surface area contributed by atoms with E-state index >= 15 is 0 Å². The number of aromatic amines is 1. The summed E-state index contributed by atoms with van der Waals surface area (Å²) in [5.74, 6) is -0.510. The predicted octanol–water partition coefficient (Wildman–Crippen LogP) is 4.82. The molecule has 28 heavy (non-hydrogen) atoms. The average molecular weight is 396 g/mol. The Labute approximate surface area is 167 Å². The van der Waals surface area contributed by atoms with Crippen LogP contribution in [0.4, 0.5) is 4.39 Å². The summed E-state index contributed by atoms with van der Waals surface area (Å²) in [6, 6.07) is 10.2. The third-order valence-electron chi connectivity index (χ3n) is 4.64. The number of aryl methyl sites for hydroxylation is 2.